The molecule has 19 heavy (non-hydrogen) atoms. The smallest absolute Gasteiger partial charge is 0.0590 e. The predicted molar refractivity (Wildman–Crippen MR) is 80.3 cm³/mol. The van der Waals surface area contributed by atoms with E-state index < -0.39 is 0 Å². The van der Waals surface area contributed by atoms with Crippen LogP contribution in [0.25, 0.3) is 11.1 Å². The van der Waals surface area contributed by atoms with Gasteiger partial charge in [-0.1, -0.05) is 54.6 Å². The lowest BCUT2D eigenvalue weighted by atomic mass is 10.0. The van der Waals surface area contributed by atoms with Gasteiger partial charge < -0.3 is 10.1 Å². The van der Waals surface area contributed by atoms with Crippen LogP contribution in [0.3, 0.4) is 0 Å². The van der Waals surface area contributed by atoms with Crippen molar-refractivity contribution in [1.29, 1.82) is 0 Å². The zero-order chi connectivity index (χ0) is 13.3. The third-order valence-electron chi connectivity index (χ3n) is 3.09. The van der Waals surface area contributed by atoms with Crippen molar-refractivity contribution in [2.45, 2.75) is 6.42 Å². The van der Waals surface area contributed by atoms with Crippen LogP contribution in [0.2, 0.25) is 0 Å². The maximum atomic E-state index is 5.53. The molecule has 0 amide bonds. The molecule has 0 aliphatic heterocycles. The number of ether oxygens (including phenoxy) is 1. The van der Waals surface area contributed by atoms with Crippen LogP contribution in [-0.4, -0.2) is 26.8 Å². The molecule has 0 aliphatic carbocycles. The van der Waals surface area contributed by atoms with E-state index in [-0.39, 0.29) is 0 Å². The Labute approximate surface area is 115 Å². The van der Waals surface area contributed by atoms with Crippen LogP contribution in [0.15, 0.2) is 54.6 Å². The molecule has 2 rings (SSSR count). The minimum Gasteiger partial charge on any atom is -0.380 e. The van der Waals surface area contributed by atoms with E-state index in [4.69, 9.17) is 4.74 Å². The van der Waals surface area contributed by atoms with Crippen molar-refractivity contribution in [3.8, 4) is 11.1 Å². The van der Waals surface area contributed by atoms with Crippen LogP contribution in [0.5, 0.6) is 0 Å². The second-order valence-electron chi connectivity index (χ2n) is 4.53. The lowest BCUT2D eigenvalue weighted by Crippen LogP contribution is -2.15. The van der Waals surface area contributed by atoms with E-state index in [0.717, 1.165) is 26.2 Å². The van der Waals surface area contributed by atoms with Crippen molar-refractivity contribution in [3.05, 3.63) is 60.2 Å². The Morgan fingerprint density at radius 2 is 1.53 bits per heavy atom. The lowest BCUT2D eigenvalue weighted by molar-refractivity contribution is 0.140. The van der Waals surface area contributed by atoms with Crippen molar-refractivity contribution in [2.24, 2.45) is 0 Å². The van der Waals surface area contributed by atoms with Crippen LogP contribution < -0.4 is 5.32 Å². The Hall–Kier alpha value is -1.64. The predicted octanol–water partition coefficient (Wildman–Crippen LogP) is 3.13. The van der Waals surface area contributed by atoms with Gasteiger partial charge in [0.25, 0.3) is 0 Å². The molecule has 2 nitrogen and oxygen atoms in total. The summed E-state index contributed by atoms with van der Waals surface area (Å²) in [6.45, 7) is 2.47. The average molecular weight is 255 g/mol. The van der Waals surface area contributed by atoms with E-state index in [0.29, 0.717) is 0 Å². The molecule has 0 spiro atoms. The normalized spacial score (nSPS) is 10.6. The fourth-order valence-electron chi connectivity index (χ4n) is 1.96. The van der Waals surface area contributed by atoms with Gasteiger partial charge in [0.15, 0.2) is 0 Å². The van der Waals surface area contributed by atoms with Crippen molar-refractivity contribution < 1.29 is 4.74 Å². The fourth-order valence-corrected chi connectivity index (χ4v) is 1.96. The molecule has 0 atom stereocenters. The van der Waals surface area contributed by atoms with Gasteiger partial charge in [-0.25, -0.2) is 0 Å². The van der Waals surface area contributed by atoms with Gasteiger partial charge in [-0.15, -0.1) is 0 Å². The van der Waals surface area contributed by atoms with E-state index in [1.54, 1.807) is 0 Å². The molecule has 100 valence electrons. The fraction of sp³-hybridized carbons (Fsp3) is 0.294. The highest BCUT2D eigenvalue weighted by atomic mass is 16.5. The van der Waals surface area contributed by atoms with Gasteiger partial charge in [-0.2, -0.15) is 0 Å². The summed E-state index contributed by atoms with van der Waals surface area (Å²) in [6, 6.07) is 19.2. The van der Waals surface area contributed by atoms with Crippen LogP contribution in [-0.2, 0) is 11.2 Å². The third-order valence-corrected chi connectivity index (χ3v) is 3.09. The van der Waals surface area contributed by atoms with Gasteiger partial charge >= 0.3 is 0 Å². The number of benzene rings is 2. The second-order valence-corrected chi connectivity index (χ2v) is 4.53. The van der Waals surface area contributed by atoms with E-state index in [1.165, 1.54) is 16.7 Å². The summed E-state index contributed by atoms with van der Waals surface area (Å²) in [5.41, 5.74) is 3.85. The maximum absolute atomic E-state index is 5.53. The SMILES string of the molecule is CNCCOCCc1ccc(-c2ccccc2)cc1. The molecule has 0 fully saturated rings. The minimum absolute atomic E-state index is 0.776. The average Bonchev–Trinajstić information content (AvgIpc) is 2.49. The van der Waals surface area contributed by atoms with Crippen molar-refractivity contribution >= 4 is 0 Å². The monoisotopic (exact) mass is 255 g/mol. The van der Waals surface area contributed by atoms with Gasteiger partial charge in [0.05, 0.1) is 13.2 Å². The summed E-state index contributed by atoms with van der Waals surface area (Å²) in [5, 5.41) is 3.07. The van der Waals surface area contributed by atoms with Gasteiger partial charge in [-0.3, -0.25) is 0 Å². The molecule has 0 saturated heterocycles. The molecule has 0 heterocycles. The molecule has 0 unspecified atom stereocenters. The summed E-state index contributed by atoms with van der Waals surface area (Å²) in [5.74, 6) is 0. The molecule has 0 aromatic heterocycles. The van der Waals surface area contributed by atoms with Crippen molar-refractivity contribution in [2.75, 3.05) is 26.8 Å². The van der Waals surface area contributed by atoms with Crippen LogP contribution >= 0.6 is 0 Å². The highest BCUT2D eigenvalue weighted by Crippen LogP contribution is 2.19. The zero-order valence-corrected chi connectivity index (χ0v) is 11.4. The number of hydrogen-bond donors (Lipinski definition) is 1. The first kappa shape index (κ1) is 13.8. The first-order valence-corrected chi connectivity index (χ1v) is 6.77. The van der Waals surface area contributed by atoms with E-state index in [9.17, 15) is 0 Å². The Morgan fingerprint density at radius 3 is 2.21 bits per heavy atom. The van der Waals surface area contributed by atoms with Crippen LogP contribution in [0.4, 0.5) is 0 Å². The second kappa shape index (κ2) is 7.72. The molecule has 0 radical (unpaired) electrons. The highest BCUT2D eigenvalue weighted by Gasteiger charge is 1.97. The molecular formula is C17H21NO. The molecule has 0 saturated carbocycles. The molecule has 0 aliphatic rings. The molecule has 0 bridgehead atoms. The van der Waals surface area contributed by atoms with E-state index in [1.807, 2.05) is 13.1 Å². The van der Waals surface area contributed by atoms with Gasteiger partial charge in [-0.05, 0) is 30.2 Å². The maximum Gasteiger partial charge on any atom is 0.0590 e. The highest BCUT2D eigenvalue weighted by molar-refractivity contribution is 5.63. The Balaban J connectivity index is 1.85. The van der Waals surface area contributed by atoms with Gasteiger partial charge in [0, 0.05) is 6.54 Å². The molecule has 2 aromatic rings. The third kappa shape index (κ3) is 4.51. The van der Waals surface area contributed by atoms with Gasteiger partial charge in [0.1, 0.15) is 0 Å². The largest absolute Gasteiger partial charge is 0.380 e. The van der Waals surface area contributed by atoms with E-state index >= 15 is 0 Å². The lowest BCUT2D eigenvalue weighted by Gasteiger charge is -2.06. The molecular weight excluding hydrogens is 234 g/mol. The molecule has 2 aromatic carbocycles. The Kier molecular flexibility index (Phi) is 5.60. The van der Waals surface area contributed by atoms with Crippen LogP contribution in [0.1, 0.15) is 5.56 Å². The number of hydrogen-bond acceptors (Lipinski definition) is 2. The first-order chi connectivity index (χ1) is 9.40. The first-order valence-electron chi connectivity index (χ1n) is 6.77. The van der Waals surface area contributed by atoms with Crippen molar-refractivity contribution in [3.63, 3.8) is 0 Å². The molecule has 2 heteroatoms. The van der Waals surface area contributed by atoms with Gasteiger partial charge in [0.2, 0.25) is 0 Å². The summed E-state index contributed by atoms with van der Waals surface area (Å²) >= 11 is 0. The summed E-state index contributed by atoms with van der Waals surface area (Å²) in [6.07, 6.45) is 0.971. The zero-order valence-electron chi connectivity index (χ0n) is 11.4. The topological polar surface area (TPSA) is 21.3 Å². The quantitative estimate of drug-likeness (QED) is 0.767. The number of rotatable bonds is 7. The van der Waals surface area contributed by atoms with Crippen LogP contribution in [0, 0.1) is 0 Å². The van der Waals surface area contributed by atoms with E-state index in [2.05, 4.69) is 53.8 Å². The number of likely N-dealkylation sites (N-methyl/N-ethyl adjacent to an activating group) is 1. The standard InChI is InChI=1S/C17H21NO/c1-18-12-14-19-13-11-15-7-9-17(10-8-15)16-5-3-2-4-6-16/h2-10,18H,11-14H2,1H3. The summed E-state index contributed by atoms with van der Waals surface area (Å²) < 4.78 is 5.53. The summed E-state index contributed by atoms with van der Waals surface area (Å²) in [4.78, 5) is 0. The minimum atomic E-state index is 0.776. The summed E-state index contributed by atoms with van der Waals surface area (Å²) in [7, 11) is 1.94. The Bertz CT molecular complexity index is 464. The van der Waals surface area contributed by atoms with Crippen molar-refractivity contribution in [1.82, 2.24) is 5.32 Å². The molecule has 1 N–H and O–H groups in total. The Morgan fingerprint density at radius 1 is 0.842 bits per heavy atom. The number of nitrogens with one attached hydrogen (secondary N) is 1.